The van der Waals surface area contributed by atoms with Crippen LogP contribution in [0.5, 0.6) is 0 Å². The van der Waals surface area contributed by atoms with Gasteiger partial charge in [0, 0.05) is 24.5 Å². The average Bonchev–Trinajstić information content (AvgIpc) is 3.19. The van der Waals surface area contributed by atoms with Crippen molar-refractivity contribution in [1.82, 2.24) is 14.9 Å². The normalized spacial score (nSPS) is 10.5. The summed E-state index contributed by atoms with van der Waals surface area (Å²) in [5.74, 6) is 0.659. The summed E-state index contributed by atoms with van der Waals surface area (Å²) < 4.78 is 6.90. The van der Waals surface area contributed by atoms with Gasteiger partial charge in [0.2, 0.25) is 0 Å². The van der Waals surface area contributed by atoms with Crippen molar-refractivity contribution in [2.24, 2.45) is 0 Å². The maximum absolute atomic E-state index is 12.1. The van der Waals surface area contributed by atoms with Crippen molar-refractivity contribution in [3.8, 4) is 5.69 Å². The Labute approximate surface area is 133 Å². The molecule has 2 N–H and O–H groups in total. The molecule has 0 fully saturated rings. The van der Waals surface area contributed by atoms with Crippen molar-refractivity contribution < 1.29 is 9.32 Å². The molecule has 0 bridgehead atoms. The minimum Gasteiger partial charge on any atom is -0.359 e. The van der Waals surface area contributed by atoms with E-state index in [1.807, 2.05) is 43.5 Å². The molecule has 2 amide bonds. The van der Waals surface area contributed by atoms with Gasteiger partial charge in [0.15, 0.2) is 5.76 Å². The molecular formula is C16H17N5O2. The summed E-state index contributed by atoms with van der Waals surface area (Å²) in [6.07, 6.45) is 4.23. The highest BCUT2D eigenvalue weighted by atomic mass is 16.5. The number of hydrogen-bond donors (Lipinski definition) is 2. The van der Waals surface area contributed by atoms with Gasteiger partial charge in [0.1, 0.15) is 11.4 Å². The van der Waals surface area contributed by atoms with Crippen LogP contribution in [0.1, 0.15) is 18.4 Å². The Kier molecular flexibility index (Phi) is 4.09. The van der Waals surface area contributed by atoms with Gasteiger partial charge in [-0.25, -0.2) is 9.48 Å². The molecule has 7 heteroatoms. The number of hydrogen-bond acceptors (Lipinski definition) is 4. The molecule has 0 aliphatic rings. The van der Waals surface area contributed by atoms with E-state index in [9.17, 15) is 4.79 Å². The third-order valence-corrected chi connectivity index (χ3v) is 3.39. The highest BCUT2D eigenvalue weighted by Gasteiger charge is 2.14. The van der Waals surface area contributed by atoms with Crippen LogP contribution in [0.2, 0.25) is 0 Å². The molecule has 2 heterocycles. The predicted octanol–water partition coefficient (Wildman–Crippen LogP) is 3.38. The molecule has 0 unspecified atom stereocenters. The molecule has 7 nitrogen and oxygen atoms in total. The van der Waals surface area contributed by atoms with E-state index >= 15 is 0 Å². The number of carbonyl (C=O) groups is 1. The molecule has 0 saturated carbocycles. The monoisotopic (exact) mass is 311 g/mol. The Bertz CT molecular complexity index is 791. The van der Waals surface area contributed by atoms with Crippen LogP contribution in [0.15, 0.2) is 47.2 Å². The molecule has 3 rings (SSSR count). The van der Waals surface area contributed by atoms with Crippen molar-refractivity contribution in [2.45, 2.75) is 20.3 Å². The Hall–Kier alpha value is -3.09. The average molecular weight is 311 g/mol. The molecule has 0 atom stereocenters. The van der Waals surface area contributed by atoms with Crippen molar-refractivity contribution in [3.05, 3.63) is 54.2 Å². The van der Waals surface area contributed by atoms with E-state index in [0.29, 0.717) is 29.2 Å². The number of nitrogens with zero attached hydrogens (tertiary/aromatic N) is 3. The van der Waals surface area contributed by atoms with Gasteiger partial charge >= 0.3 is 6.03 Å². The van der Waals surface area contributed by atoms with Crippen LogP contribution in [0.3, 0.4) is 0 Å². The van der Waals surface area contributed by atoms with Gasteiger partial charge in [-0.1, -0.05) is 12.1 Å². The lowest BCUT2D eigenvalue weighted by Gasteiger charge is -2.08. The third-order valence-electron chi connectivity index (χ3n) is 3.39. The van der Waals surface area contributed by atoms with E-state index < -0.39 is 0 Å². The van der Waals surface area contributed by atoms with Gasteiger partial charge in [-0.15, -0.1) is 0 Å². The van der Waals surface area contributed by atoms with E-state index in [1.54, 1.807) is 17.8 Å². The van der Waals surface area contributed by atoms with Crippen molar-refractivity contribution in [2.75, 3.05) is 10.6 Å². The van der Waals surface area contributed by atoms with Gasteiger partial charge in [0.25, 0.3) is 0 Å². The summed E-state index contributed by atoms with van der Waals surface area (Å²) in [6, 6.07) is 8.91. The zero-order chi connectivity index (χ0) is 16.2. The fourth-order valence-electron chi connectivity index (χ4n) is 2.21. The zero-order valence-corrected chi connectivity index (χ0v) is 12.9. The van der Waals surface area contributed by atoms with E-state index in [1.165, 1.54) is 0 Å². The molecule has 118 valence electrons. The second-order valence-electron chi connectivity index (χ2n) is 5.00. The first kappa shape index (κ1) is 14.8. The Morgan fingerprint density at radius 2 is 2.04 bits per heavy atom. The standard InChI is InChI=1S/C16H17N5O2/c1-3-14-15(11(2)20-23-14)19-16(22)18-12-5-7-13(8-6-12)21-10-4-9-17-21/h4-10H,3H2,1-2H3,(H2,18,19,22). The zero-order valence-electron chi connectivity index (χ0n) is 12.9. The minimum atomic E-state index is -0.335. The highest BCUT2D eigenvalue weighted by molar-refractivity contribution is 6.00. The number of carbonyl (C=O) groups excluding carboxylic acids is 1. The number of rotatable bonds is 4. The van der Waals surface area contributed by atoms with Crippen molar-refractivity contribution in [1.29, 1.82) is 0 Å². The van der Waals surface area contributed by atoms with Crippen LogP contribution in [0.25, 0.3) is 5.69 Å². The van der Waals surface area contributed by atoms with Gasteiger partial charge in [-0.05, 0) is 37.3 Å². The maximum atomic E-state index is 12.1. The van der Waals surface area contributed by atoms with E-state index in [2.05, 4.69) is 20.9 Å². The highest BCUT2D eigenvalue weighted by Crippen LogP contribution is 2.21. The largest absolute Gasteiger partial charge is 0.359 e. The quantitative estimate of drug-likeness (QED) is 0.773. The second kappa shape index (κ2) is 6.35. The molecule has 23 heavy (non-hydrogen) atoms. The van der Waals surface area contributed by atoms with Crippen LogP contribution in [-0.2, 0) is 6.42 Å². The molecule has 0 aliphatic carbocycles. The molecule has 1 aromatic carbocycles. The van der Waals surface area contributed by atoms with Gasteiger partial charge in [-0.2, -0.15) is 5.10 Å². The Morgan fingerprint density at radius 1 is 1.26 bits per heavy atom. The van der Waals surface area contributed by atoms with Crippen molar-refractivity contribution in [3.63, 3.8) is 0 Å². The lowest BCUT2D eigenvalue weighted by Crippen LogP contribution is -2.20. The molecule has 3 aromatic rings. The number of aryl methyl sites for hydroxylation is 2. The molecular weight excluding hydrogens is 294 g/mol. The van der Waals surface area contributed by atoms with Crippen LogP contribution in [-0.4, -0.2) is 21.0 Å². The molecule has 0 spiro atoms. The molecule has 0 aliphatic heterocycles. The van der Waals surface area contributed by atoms with E-state index in [-0.39, 0.29) is 6.03 Å². The number of anilines is 2. The van der Waals surface area contributed by atoms with Gasteiger partial charge < -0.3 is 15.2 Å². The smallest absolute Gasteiger partial charge is 0.323 e. The van der Waals surface area contributed by atoms with Gasteiger partial charge in [-0.3, -0.25) is 0 Å². The van der Waals surface area contributed by atoms with E-state index in [0.717, 1.165) is 5.69 Å². The Balaban J connectivity index is 1.67. The first-order valence-corrected chi connectivity index (χ1v) is 7.30. The lowest BCUT2D eigenvalue weighted by atomic mass is 10.2. The number of benzene rings is 1. The number of nitrogens with one attached hydrogen (secondary N) is 2. The second-order valence-corrected chi connectivity index (χ2v) is 5.00. The fraction of sp³-hybridized carbons (Fsp3) is 0.188. The van der Waals surface area contributed by atoms with Crippen LogP contribution < -0.4 is 10.6 Å². The summed E-state index contributed by atoms with van der Waals surface area (Å²) >= 11 is 0. The topological polar surface area (TPSA) is 85.0 Å². The van der Waals surface area contributed by atoms with Crippen molar-refractivity contribution >= 4 is 17.4 Å². The summed E-state index contributed by atoms with van der Waals surface area (Å²) in [6.45, 7) is 3.73. The Morgan fingerprint density at radius 3 is 2.70 bits per heavy atom. The number of amides is 2. The minimum absolute atomic E-state index is 0.335. The maximum Gasteiger partial charge on any atom is 0.323 e. The van der Waals surface area contributed by atoms with Crippen LogP contribution in [0, 0.1) is 6.92 Å². The van der Waals surface area contributed by atoms with E-state index in [4.69, 9.17) is 4.52 Å². The predicted molar refractivity (Wildman–Crippen MR) is 86.8 cm³/mol. The summed E-state index contributed by atoms with van der Waals surface area (Å²) in [7, 11) is 0. The van der Waals surface area contributed by atoms with Crippen LogP contribution in [0.4, 0.5) is 16.2 Å². The number of aromatic nitrogens is 3. The molecule has 2 aromatic heterocycles. The summed E-state index contributed by atoms with van der Waals surface area (Å²) in [4.78, 5) is 12.1. The van der Waals surface area contributed by atoms with Crippen LogP contribution >= 0.6 is 0 Å². The molecule has 0 saturated heterocycles. The first-order valence-electron chi connectivity index (χ1n) is 7.30. The number of urea groups is 1. The summed E-state index contributed by atoms with van der Waals surface area (Å²) in [5.41, 5.74) is 2.89. The molecule has 0 radical (unpaired) electrons. The van der Waals surface area contributed by atoms with Gasteiger partial charge in [0.05, 0.1) is 5.69 Å². The SMILES string of the molecule is CCc1onc(C)c1NC(=O)Nc1ccc(-n2cccn2)cc1. The lowest BCUT2D eigenvalue weighted by molar-refractivity contribution is 0.262. The first-order chi connectivity index (χ1) is 11.2. The summed E-state index contributed by atoms with van der Waals surface area (Å²) in [5, 5.41) is 13.6. The third kappa shape index (κ3) is 3.23. The fourth-order valence-corrected chi connectivity index (χ4v) is 2.21.